The van der Waals surface area contributed by atoms with Gasteiger partial charge in [-0.05, 0) is 36.5 Å². The molecule has 0 atom stereocenters. The lowest BCUT2D eigenvalue weighted by Crippen LogP contribution is -2.34. The van der Waals surface area contributed by atoms with Crippen LogP contribution in [0.15, 0.2) is 30.3 Å². The molecule has 0 unspecified atom stereocenters. The first kappa shape index (κ1) is 14.5. The Hall–Kier alpha value is -0.603. The van der Waals surface area contributed by atoms with Crippen LogP contribution in [-0.4, -0.2) is 14.9 Å². The number of hydrogen-bond acceptors (Lipinski definition) is 1. The standard InChI is InChI=1S/C15H26OSi/c1-15(2,3)13-16-17(4,5)12-11-14-9-7-6-8-10-14/h6-10H,11-13H2,1-5H3. The highest BCUT2D eigenvalue weighted by molar-refractivity contribution is 6.71. The van der Waals surface area contributed by atoms with Crippen LogP contribution in [0, 0.1) is 5.41 Å². The Balaban J connectivity index is 2.39. The first-order chi connectivity index (χ1) is 7.79. The molecule has 0 saturated heterocycles. The van der Waals surface area contributed by atoms with Gasteiger partial charge in [-0.2, -0.15) is 0 Å². The predicted molar refractivity (Wildman–Crippen MR) is 77.8 cm³/mol. The SMILES string of the molecule is CC(C)(C)CO[Si](C)(C)CCc1ccccc1. The van der Waals surface area contributed by atoms with Crippen LogP contribution in [0.1, 0.15) is 26.3 Å². The Morgan fingerprint density at radius 1 is 1.06 bits per heavy atom. The third kappa shape index (κ3) is 6.64. The largest absolute Gasteiger partial charge is 0.417 e. The second-order valence-corrected chi connectivity index (χ2v) is 10.9. The zero-order chi connectivity index (χ0) is 12.9. The van der Waals surface area contributed by atoms with Gasteiger partial charge in [-0.3, -0.25) is 0 Å². The molecule has 0 radical (unpaired) electrons. The molecule has 0 aliphatic carbocycles. The highest BCUT2D eigenvalue weighted by atomic mass is 28.4. The maximum atomic E-state index is 6.15. The van der Waals surface area contributed by atoms with Crippen molar-refractivity contribution in [2.75, 3.05) is 6.61 Å². The van der Waals surface area contributed by atoms with Gasteiger partial charge in [0.25, 0.3) is 0 Å². The van der Waals surface area contributed by atoms with E-state index in [2.05, 4.69) is 64.2 Å². The summed E-state index contributed by atoms with van der Waals surface area (Å²) in [7, 11) is -1.50. The molecule has 0 aliphatic heterocycles. The van der Waals surface area contributed by atoms with E-state index >= 15 is 0 Å². The van der Waals surface area contributed by atoms with Gasteiger partial charge >= 0.3 is 0 Å². The van der Waals surface area contributed by atoms with E-state index in [0.717, 1.165) is 13.0 Å². The summed E-state index contributed by atoms with van der Waals surface area (Å²) in [5, 5.41) is 0. The summed E-state index contributed by atoms with van der Waals surface area (Å²) in [5.41, 5.74) is 1.70. The van der Waals surface area contributed by atoms with Gasteiger partial charge in [0.15, 0.2) is 8.32 Å². The Bertz CT molecular complexity index is 325. The van der Waals surface area contributed by atoms with Crippen molar-refractivity contribution >= 4 is 8.32 Å². The van der Waals surface area contributed by atoms with Gasteiger partial charge in [0.05, 0.1) is 0 Å². The highest BCUT2D eigenvalue weighted by Gasteiger charge is 2.24. The van der Waals surface area contributed by atoms with E-state index in [1.54, 1.807) is 0 Å². The zero-order valence-electron chi connectivity index (χ0n) is 11.9. The third-order valence-corrected chi connectivity index (χ3v) is 5.13. The van der Waals surface area contributed by atoms with Crippen molar-refractivity contribution < 1.29 is 4.43 Å². The van der Waals surface area contributed by atoms with Crippen molar-refractivity contribution in [3.63, 3.8) is 0 Å². The molecule has 0 saturated carbocycles. The lowest BCUT2D eigenvalue weighted by Gasteiger charge is -2.28. The van der Waals surface area contributed by atoms with Gasteiger partial charge in [0, 0.05) is 6.61 Å². The van der Waals surface area contributed by atoms with Crippen LogP contribution < -0.4 is 0 Å². The average molecular weight is 250 g/mol. The van der Waals surface area contributed by atoms with Gasteiger partial charge in [0.1, 0.15) is 0 Å². The van der Waals surface area contributed by atoms with Gasteiger partial charge in [0.2, 0.25) is 0 Å². The average Bonchev–Trinajstić information content (AvgIpc) is 2.25. The highest BCUT2D eigenvalue weighted by Crippen LogP contribution is 2.20. The van der Waals surface area contributed by atoms with Gasteiger partial charge in [-0.25, -0.2) is 0 Å². The zero-order valence-corrected chi connectivity index (χ0v) is 12.9. The molecule has 0 bridgehead atoms. The van der Waals surface area contributed by atoms with Crippen LogP contribution in [0.4, 0.5) is 0 Å². The minimum absolute atomic E-state index is 0.275. The monoisotopic (exact) mass is 250 g/mol. The number of benzene rings is 1. The summed E-state index contributed by atoms with van der Waals surface area (Å²) < 4.78 is 6.15. The second-order valence-electron chi connectivity index (χ2n) is 6.59. The molecule has 0 fully saturated rings. The minimum Gasteiger partial charge on any atom is -0.417 e. The molecule has 2 heteroatoms. The van der Waals surface area contributed by atoms with E-state index in [9.17, 15) is 0 Å². The Kier molecular flexibility index (Phi) is 4.96. The van der Waals surface area contributed by atoms with E-state index in [4.69, 9.17) is 4.43 Å². The Morgan fingerprint density at radius 3 is 2.18 bits per heavy atom. The van der Waals surface area contributed by atoms with Gasteiger partial charge < -0.3 is 4.43 Å². The van der Waals surface area contributed by atoms with Crippen molar-refractivity contribution in [2.45, 2.75) is 46.3 Å². The summed E-state index contributed by atoms with van der Waals surface area (Å²) in [4.78, 5) is 0. The fraction of sp³-hybridized carbons (Fsp3) is 0.600. The summed E-state index contributed by atoms with van der Waals surface area (Å²) in [5.74, 6) is 0. The maximum absolute atomic E-state index is 6.15. The predicted octanol–water partition coefficient (Wildman–Crippen LogP) is 4.50. The van der Waals surface area contributed by atoms with Crippen molar-refractivity contribution in [2.24, 2.45) is 5.41 Å². The molecule has 0 aliphatic rings. The first-order valence-electron chi connectivity index (χ1n) is 6.46. The van der Waals surface area contributed by atoms with E-state index in [0.29, 0.717) is 0 Å². The van der Waals surface area contributed by atoms with Crippen LogP contribution in [0.3, 0.4) is 0 Å². The number of aryl methyl sites for hydroxylation is 1. The van der Waals surface area contributed by atoms with Crippen LogP contribution in [-0.2, 0) is 10.8 Å². The summed E-state index contributed by atoms with van der Waals surface area (Å²) in [6.45, 7) is 12.2. The number of rotatable bonds is 5. The van der Waals surface area contributed by atoms with Gasteiger partial charge in [-0.1, -0.05) is 51.1 Å². The quantitative estimate of drug-likeness (QED) is 0.699. The van der Waals surface area contributed by atoms with Crippen molar-refractivity contribution in [1.29, 1.82) is 0 Å². The smallest absolute Gasteiger partial charge is 0.187 e. The maximum Gasteiger partial charge on any atom is 0.187 e. The molecule has 0 spiro atoms. The summed E-state index contributed by atoms with van der Waals surface area (Å²) in [6.07, 6.45) is 1.14. The van der Waals surface area contributed by atoms with Crippen molar-refractivity contribution in [3.05, 3.63) is 35.9 Å². The molecule has 1 nitrogen and oxygen atoms in total. The molecule has 1 aromatic carbocycles. The van der Waals surface area contributed by atoms with E-state index in [-0.39, 0.29) is 5.41 Å². The Labute approximate surface area is 107 Å². The third-order valence-electron chi connectivity index (χ3n) is 2.75. The Morgan fingerprint density at radius 2 is 1.65 bits per heavy atom. The van der Waals surface area contributed by atoms with E-state index in [1.165, 1.54) is 11.6 Å². The lowest BCUT2D eigenvalue weighted by atomic mass is 9.99. The fourth-order valence-electron chi connectivity index (χ4n) is 1.57. The topological polar surface area (TPSA) is 9.23 Å². The van der Waals surface area contributed by atoms with Crippen LogP contribution >= 0.6 is 0 Å². The molecule has 96 valence electrons. The molecule has 1 aromatic rings. The second kappa shape index (κ2) is 5.83. The minimum atomic E-state index is -1.50. The molecular formula is C15H26OSi. The normalized spacial score (nSPS) is 12.8. The van der Waals surface area contributed by atoms with E-state index < -0.39 is 8.32 Å². The molecular weight excluding hydrogens is 224 g/mol. The van der Waals surface area contributed by atoms with Crippen LogP contribution in [0.2, 0.25) is 19.1 Å². The molecule has 0 N–H and O–H groups in total. The molecule has 0 heterocycles. The first-order valence-corrected chi connectivity index (χ1v) is 9.58. The molecule has 17 heavy (non-hydrogen) atoms. The summed E-state index contributed by atoms with van der Waals surface area (Å²) >= 11 is 0. The van der Waals surface area contributed by atoms with Crippen LogP contribution in [0.5, 0.6) is 0 Å². The fourth-order valence-corrected chi connectivity index (χ4v) is 3.43. The van der Waals surface area contributed by atoms with E-state index in [1.807, 2.05) is 0 Å². The lowest BCUT2D eigenvalue weighted by molar-refractivity contribution is 0.189. The molecule has 1 rings (SSSR count). The van der Waals surface area contributed by atoms with Gasteiger partial charge in [-0.15, -0.1) is 0 Å². The summed E-state index contributed by atoms with van der Waals surface area (Å²) in [6, 6.07) is 11.9. The number of hydrogen-bond donors (Lipinski definition) is 0. The van der Waals surface area contributed by atoms with Crippen LogP contribution in [0.25, 0.3) is 0 Å². The van der Waals surface area contributed by atoms with Crippen molar-refractivity contribution in [3.8, 4) is 0 Å². The molecule has 0 amide bonds. The molecule has 0 aromatic heterocycles. The van der Waals surface area contributed by atoms with Crippen molar-refractivity contribution in [1.82, 2.24) is 0 Å².